The first kappa shape index (κ1) is 84.8. The van der Waals surface area contributed by atoms with E-state index in [1.807, 2.05) is 104 Å². The van der Waals surface area contributed by atoms with Crippen LogP contribution in [0.15, 0.2) is 38.0 Å². The first-order valence-corrected chi connectivity index (χ1v) is 38.7. The fourth-order valence-electron chi connectivity index (χ4n) is 13.4. The van der Waals surface area contributed by atoms with Crippen LogP contribution in [0.2, 0.25) is 0 Å². The lowest BCUT2D eigenvalue weighted by atomic mass is 9.89. The number of hydrogen-bond acceptors (Lipinski definition) is 35. The maximum Gasteiger partial charge on any atom is 0.339 e. The van der Waals surface area contributed by atoms with E-state index in [9.17, 15) is 63.2 Å². The van der Waals surface area contributed by atoms with Crippen LogP contribution in [0.5, 0.6) is 0 Å². The van der Waals surface area contributed by atoms with Crippen LogP contribution in [-0.4, -0.2) is 193 Å². The highest BCUT2D eigenvalue weighted by molar-refractivity contribution is 7.46. The van der Waals surface area contributed by atoms with E-state index in [-0.39, 0.29) is 56.9 Å². The van der Waals surface area contributed by atoms with Crippen molar-refractivity contribution in [2.24, 2.45) is 0 Å². The van der Waals surface area contributed by atoms with Crippen molar-refractivity contribution in [1.82, 2.24) is 58.6 Å². The molecule has 0 radical (unpaired) electrons. The quantitative estimate of drug-likeness (QED) is 0.0384. The summed E-state index contributed by atoms with van der Waals surface area (Å²) < 4.78 is 95.7. The van der Waals surface area contributed by atoms with Gasteiger partial charge in [-0.1, -0.05) is 0 Å². The Morgan fingerprint density at radius 1 is 0.414 bits per heavy atom. The van der Waals surface area contributed by atoms with Gasteiger partial charge in [-0.3, -0.25) is 32.2 Å². The van der Waals surface area contributed by atoms with Crippen molar-refractivity contribution >= 4 is 92.3 Å². The number of ether oxygens (including phenoxy) is 5. The van der Waals surface area contributed by atoms with Crippen molar-refractivity contribution in [3.8, 4) is 0 Å². The summed E-state index contributed by atoms with van der Waals surface area (Å²) in [4.78, 5) is 112. The Bertz CT molecular complexity index is 5150. The van der Waals surface area contributed by atoms with E-state index in [4.69, 9.17) is 44.2 Å². The average Bonchev–Trinajstić information content (AvgIpc) is 1.67. The summed E-state index contributed by atoms with van der Waals surface area (Å²) in [5.41, 5.74) is 28.6. The molecule has 1 amide bonds. The van der Waals surface area contributed by atoms with Crippen LogP contribution < -0.4 is 31.5 Å². The molecule has 111 heavy (non-hydrogen) atoms. The van der Waals surface area contributed by atoms with Crippen molar-refractivity contribution in [3.63, 3.8) is 0 Å². The fourth-order valence-corrected chi connectivity index (χ4v) is 14.7. The summed E-state index contributed by atoms with van der Waals surface area (Å²) in [5.74, 6) is -1.28. The molecule has 9 N–H and O–H groups in total. The maximum atomic E-state index is 13.5. The molecule has 0 aliphatic carbocycles. The van der Waals surface area contributed by atoms with Crippen molar-refractivity contribution in [2.45, 2.75) is 177 Å². The zero-order valence-electron chi connectivity index (χ0n) is 63.8. The molecule has 9 aromatic rings. The summed E-state index contributed by atoms with van der Waals surface area (Å²) >= 11 is 0. The van der Waals surface area contributed by atoms with Crippen LogP contribution in [0, 0.1) is 104 Å². The van der Waals surface area contributed by atoms with Gasteiger partial charge in [0.25, 0.3) is 29.4 Å². The molecule has 42 heteroatoms. The van der Waals surface area contributed by atoms with E-state index >= 15 is 0 Å². The van der Waals surface area contributed by atoms with E-state index in [1.54, 1.807) is 0 Å². The van der Waals surface area contributed by atoms with Crippen LogP contribution in [-0.2, 0) is 64.5 Å². The second kappa shape index (κ2) is 33.6. The number of carbonyl (C=O) groups excluding carboxylic acids is 3. The van der Waals surface area contributed by atoms with E-state index in [2.05, 4.69) is 68.3 Å². The van der Waals surface area contributed by atoms with Gasteiger partial charge in [0.05, 0.1) is 49.9 Å². The molecular weight excluding hydrogens is 1520 g/mol. The molecule has 12 rings (SSSR count). The highest BCUT2D eigenvalue weighted by Crippen LogP contribution is 2.45. The summed E-state index contributed by atoms with van der Waals surface area (Å²) in [7, 11) is -11.0. The van der Waals surface area contributed by atoms with Crippen molar-refractivity contribution in [3.05, 3.63) is 138 Å². The number of phosphoric acid groups is 3. The number of hydrogen-bond donors (Lipinski definition) is 7. The Balaban J connectivity index is 0.000000177. The van der Waals surface area contributed by atoms with Crippen LogP contribution in [0.4, 0.5) is 17.5 Å². The molecule has 0 saturated carbocycles. The van der Waals surface area contributed by atoms with Gasteiger partial charge >= 0.3 is 11.9 Å². The van der Waals surface area contributed by atoms with Crippen LogP contribution in [0.3, 0.4) is 0 Å². The molecule has 6 unspecified atom stereocenters. The number of esters is 2. The number of rotatable bonds is 21. The molecule has 9 heterocycles. The van der Waals surface area contributed by atoms with Crippen molar-refractivity contribution < 1.29 is 114 Å². The number of nitrogen functional groups attached to an aromatic ring is 2. The van der Waals surface area contributed by atoms with E-state index in [0.717, 1.165) is 105 Å². The molecule has 0 spiro atoms. The summed E-state index contributed by atoms with van der Waals surface area (Å²) in [6.45, 7) is 27.0. The minimum Gasteiger partial charge on any atom is -0.756 e. The molecular formula is C69H87N15O24P3-3. The van der Waals surface area contributed by atoms with Gasteiger partial charge < -0.3 is 103 Å². The highest BCUT2D eigenvalue weighted by Gasteiger charge is 2.51. The number of phosphoric ester groups is 3. The largest absolute Gasteiger partial charge is 0.756 e. The third-order valence-corrected chi connectivity index (χ3v) is 23.9. The molecule has 3 fully saturated rings. The van der Waals surface area contributed by atoms with Crippen molar-refractivity contribution in [2.75, 3.05) is 57.9 Å². The Morgan fingerprint density at radius 3 is 1.14 bits per heavy atom. The Morgan fingerprint density at radius 2 is 0.730 bits per heavy atom. The van der Waals surface area contributed by atoms with E-state index in [0.29, 0.717) is 16.7 Å². The molecule has 3 aliphatic heterocycles. The number of fused-ring (bicyclic) bond motifs is 3. The molecule has 3 saturated heterocycles. The Kier molecular flexibility index (Phi) is 25.7. The summed E-state index contributed by atoms with van der Waals surface area (Å²) in [6.07, 6.45) is -7.63. The lowest BCUT2D eigenvalue weighted by Gasteiger charge is -2.25. The van der Waals surface area contributed by atoms with Crippen LogP contribution >= 0.6 is 23.5 Å². The SMILES string of the molecule is COP(=O)([O-])OC[C@H]1O[C@@H](n2cnc3c(N)ncnc32)C(O)[C@H]1OC(=O)c1c(C)c(C)c(C)c(C)c1C.COP(=O)([O-])OC[C@H]1O[C@@H](n2cnc3c(N)ncnc32)C(OC(=O)c2c(C)c(C)c(C)c(C)c2C)[C@H]1O.COP(=O)([O-])OC[C@H]1O[C@@H](n2cnc3c(NC(=O)c4c(C)c(C)c(C)c(C)c4C)ncnc32)C(O)[C@H]1O. The lowest BCUT2D eigenvalue weighted by Crippen LogP contribution is -2.38. The zero-order chi connectivity index (χ0) is 81.7. The molecule has 3 aliphatic rings. The number of nitrogens with two attached hydrogens (primary N) is 2. The average molecular weight is 1600 g/mol. The number of aromatic nitrogens is 12. The van der Waals surface area contributed by atoms with E-state index in [1.165, 1.54) is 51.7 Å². The number of carbonyl (C=O) groups is 3. The molecule has 0 bridgehead atoms. The topological polar surface area (TPSA) is 549 Å². The minimum atomic E-state index is -4.63. The summed E-state index contributed by atoms with van der Waals surface area (Å²) in [6, 6.07) is 0. The lowest BCUT2D eigenvalue weighted by molar-refractivity contribution is -0.227. The Labute approximate surface area is 635 Å². The predicted octanol–water partition coefficient (Wildman–Crippen LogP) is 4.50. The molecule has 3 aromatic carbocycles. The fraction of sp³-hybridized carbons (Fsp3) is 0.478. The zero-order valence-corrected chi connectivity index (χ0v) is 66.5. The van der Waals surface area contributed by atoms with Crippen molar-refractivity contribution in [1.29, 1.82) is 0 Å². The Hall–Kier alpha value is -8.63. The van der Waals surface area contributed by atoms with Gasteiger partial charge in [-0.2, -0.15) is 0 Å². The van der Waals surface area contributed by atoms with Gasteiger partial charge in [0.1, 0.15) is 72.7 Å². The standard InChI is InChI=1S/3C23H30N5O8P/c1-10-11(2)13(4)16(14(5)12(10)3)23(30)36-19-15(7-34-37(31,32)33-6)35-22(18(19)29)28-9-27-17-20(24)25-8-26-21(17)28;1-10-11(2)13(4)16(14(5)12(10)3)23(30)36-19-18(29)15(7-34-37(31,32)33-6)35-22(19)28-9-27-17-20(24)25-8-26-21(17)28;1-10-11(2)13(4)16(14(5)12(10)3)22(31)27-20-17-21(25-8-24-20)28(9-26-17)23-19(30)18(29)15(36-23)7-35-37(32,33)34-6/h2*8-9,15,18-19,22,29H,7H2,1-6H3,(H,31,32)(H2,24,25,26);8-9,15,18-19,23,29-30H,7H2,1-6H3,(H,32,33)(H,24,25,27,31)/p-3/t15-,18?,19+,22-;15-,18+,19?,22-;15-,18+,19?,23-/m111/s1. The monoisotopic (exact) mass is 1600 g/mol. The molecule has 39 nitrogen and oxygen atoms in total. The van der Waals surface area contributed by atoms with Gasteiger partial charge in [-0.05, 0) is 187 Å². The minimum absolute atomic E-state index is 0.125. The number of amides is 1. The number of aliphatic hydroxyl groups excluding tert-OH is 4. The first-order chi connectivity index (χ1) is 52.1. The van der Waals surface area contributed by atoms with Crippen LogP contribution in [0.1, 0.15) is 133 Å². The third-order valence-electron chi connectivity index (χ3n) is 21.1. The predicted molar refractivity (Wildman–Crippen MR) is 389 cm³/mol. The van der Waals surface area contributed by atoms with E-state index < -0.39 is 129 Å². The molecule has 6 aromatic heterocycles. The van der Waals surface area contributed by atoms with Gasteiger partial charge in [-0.15, -0.1) is 0 Å². The molecule has 15 atom stereocenters. The second-order valence-electron chi connectivity index (χ2n) is 26.8. The number of nitrogens with zero attached hydrogens (tertiary/aromatic N) is 12. The first-order valence-electron chi connectivity index (χ1n) is 34.3. The molecule has 600 valence electrons. The van der Waals surface area contributed by atoms with Crippen LogP contribution in [0.25, 0.3) is 33.5 Å². The summed E-state index contributed by atoms with van der Waals surface area (Å²) in [5, 5.41) is 46.1. The third kappa shape index (κ3) is 16.9. The van der Waals surface area contributed by atoms with Gasteiger partial charge in [0, 0.05) is 26.9 Å². The maximum absolute atomic E-state index is 13.5. The number of anilines is 3. The second-order valence-corrected chi connectivity index (χ2v) is 31.4. The highest BCUT2D eigenvalue weighted by atomic mass is 31.2. The number of nitrogens with one attached hydrogen (secondary N) is 1. The smallest absolute Gasteiger partial charge is 0.339 e. The van der Waals surface area contributed by atoms with Gasteiger partial charge in [0.15, 0.2) is 70.8 Å². The number of imidazole rings is 3. The normalized spacial score (nSPS) is 23.4. The number of benzene rings is 3. The number of aliphatic hydroxyl groups is 4. The van der Waals surface area contributed by atoms with Gasteiger partial charge in [-0.25, -0.2) is 54.4 Å². The van der Waals surface area contributed by atoms with Gasteiger partial charge in [0.2, 0.25) is 0 Å².